The number of halogens is 1. The Labute approximate surface area is 127 Å². The van der Waals surface area contributed by atoms with E-state index < -0.39 is 0 Å². The van der Waals surface area contributed by atoms with Crippen LogP contribution in [0.3, 0.4) is 0 Å². The van der Waals surface area contributed by atoms with Crippen LogP contribution in [-0.4, -0.2) is 18.0 Å². The lowest BCUT2D eigenvalue weighted by molar-refractivity contribution is 0.0929. The number of nitrogens with one attached hydrogen (secondary N) is 1. The standard InChI is InChI=1S/C16H19FN2OS/c1-9-13-8-10(17)2-7-14(13)21-15(9)16(20)19-12-5-3-11(18)4-6-12/h2,7-8,11-12H,3-6,18H2,1H3,(H,19,20). The van der Waals surface area contributed by atoms with Crippen molar-refractivity contribution in [2.75, 3.05) is 0 Å². The normalized spacial score (nSPS) is 22.4. The van der Waals surface area contributed by atoms with Crippen molar-refractivity contribution < 1.29 is 9.18 Å². The fourth-order valence-electron chi connectivity index (χ4n) is 2.92. The lowest BCUT2D eigenvalue weighted by Crippen LogP contribution is -2.40. The number of aryl methyl sites for hydroxylation is 1. The Morgan fingerprint density at radius 1 is 1.33 bits per heavy atom. The molecule has 2 aromatic rings. The summed E-state index contributed by atoms with van der Waals surface area (Å²) in [6.45, 7) is 1.88. The van der Waals surface area contributed by atoms with Crippen LogP contribution in [0.5, 0.6) is 0 Å². The van der Waals surface area contributed by atoms with Gasteiger partial charge in [0.05, 0.1) is 4.88 Å². The number of nitrogens with two attached hydrogens (primary N) is 1. The molecule has 1 aliphatic rings. The average molecular weight is 306 g/mol. The molecule has 0 aliphatic heterocycles. The molecule has 0 radical (unpaired) electrons. The SMILES string of the molecule is Cc1c(C(=O)NC2CCC(N)CC2)sc2ccc(F)cc12. The number of hydrogen-bond donors (Lipinski definition) is 2. The second-order valence-electron chi connectivity index (χ2n) is 5.78. The van der Waals surface area contributed by atoms with Crippen LogP contribution in [0.1, 0.15) is 40.9 Å². The molecule has 1 saturated carbocycles. The van der Waals surface area contributed by atoms with Crippen molar-refractivity contribution in [1.29, 1.82) is 0 Å². The molecule has 0 spiro atoms. The Kier molecular flexibility index (Phi) is 3.95. The number of carbonyl (C=O) groups excluding carboxylic acids is 1. The Balaban J connectivity index is 1.80. The zero-order chi connectivity index (χ0) is 15.0. The van der Waals surface area contributed by atoms with Crippen molar-refractivity contribution in [3.05, 3.63) is 34.5 Å². The topological polar surface area (TPSA) is 55.1 Å². The van der Waals surface area contributed by atoms with Crippen LogP contribution in [0.2, 0.25) is 0 Å². The third-order valence-electron chi connectivity index (χ3n) is 4.21. The maximum absolute atomic E-state index is 13.3. The Bertz CT molecular complexity index is 674. The third kappa shape index (κ3) is 2.94. The first-order chi connectivity index (χ1) is 10.0. The number of fused-ring (bicyclic) bond motifs is 1. The number of carbonyl (C=O) groups is 1. The zero-order valence-corrected chi connectivity index (χ0v) is 12.8. The first kappa shape index (κ1) is 14.5. The minimum atomic E-state index is -0.267. The molecule has 3 nitrogen and oxygen atoms in total. The van der Waals surface area contributed by atoms with Gasteiger partial charge in [-0.05, 0) is 61.8 Å². The minimum absolute atomic E-state index is 0.0467. The highest BCUT2D eigenvalue weighted by Crippen LogP contribution is 2.31. The molecule has 1 aromatic carbocycles. The van der Waals surface area contributed by atoms with E-state index >= 15 is 0 Å². The molecule has 3 rings (SSSR count). The van der Waals surface area contributed by atoms with E-state index in [-0.39, 0.29) is 23.8 Å². The van der Waals surface area contributed by atoms with E-state index in [1.165, 1.54) is 23.5 Å². The van der Waals surface area contributed by atoms with E-state index in [2.05, 4.69) is 5.32 Å². The van der Waals surface area contributed by atoms with Crippen LogP contribution < -0.4 is 11.1 Å². The van der Waals surface area contributed by atoms with Gasteiger partial charge in [-0.15, -0.1) is 11.3 Å². The van der Waals surface area contributed by atoms with Gasteiger partial charge < -0.3 is 11.1 Å². The predicted molar refractivity (Wildman–Crippen MR) is 84.2 cm³/mol. The summed E-state index contributed by atoms with van der Waals surface area (Å²) in [4.78, 5) is 13.1. The molecule has 0 unspecified atom stereocenters. The highest BCUT2D eigenvalue weighted by molar-refractivity contribution is 7.21. The van der Waals surface area contributed by atoms with Crippen LogP contribution in [0.25, 0.3) is 10.1 Å². The largest absolute Gasteiger partial charge is 0.349 e. The number of benzene rings is 1. The molecule has 1 fully saturated rings. The molecule has 112 valence electrons. The van der Waals surface area contributed by atoms with Crippen molar-refractivity contribution in [3.8, 4) is 0 Å². The van der Waals surface area contributed by atoms with Gasteiger partial charge in [0.25, 0.3) is 5.91 Å². The van der Waals surface area contributed by atoms with Crippen LogP contribution in [0, 0.1) is 12.7 Å². The van der Waals surface area contributed by atoms with Gasteiger partial charge >= 0.3 is 0 Å². The molecular weight excluding hydrogens is 287 g/mol. The zero-order valence-electron chi connectivity index (χ0n) is 12.0. The van der Waals surface area contributed by atoms with Gasteiger partial charge in [0.2, 0.25) is 0 Å². The molecule has 1 aromatic heterocycles. The first-order valence-electron chi connectivity index (χ1n) is 7.29. The number of thiophene rings is 1. The summed E-state index contributed by atoms with van der Waals surface area (Å²) >= 11 is 1.43. The molecule has 5 heteroatoms. The Morgan fingerprint density at radius 3 is 2.76 bits per heavy atom. The Hall–Kier alpha value is -1.46. The van der Waals surface area contributed by atoms with E-state index in [4.69, 9.17) is 5.73 Å². The van der Waals surface area contributed by atoms with Crippen LogP contribution in [0.4, 0.5) is 4.39 Å². The van der Waals surface area contributed by atoms with Crippen LogP contribution >= 0.6 is 11.3 Å². The van der Waals surface area contributed by atoms with Crippen molar-refractivity contribution in [1.82, 2.24) is 5.32 Å². The summed E-state index contributed by atoms with van der Waals surface area (Å²) in [6.07, 6.45) is 3.79. The Morgan fingerprint density at radius 2 is 2.05 bits per heavy atom. The van der Waals surface area contributed by atoms with E-state index in [1.54, 1.807) is 6.07 Å². The molecule has 1 aliphatic carbocycles. The van der Waals surface area contributed by atoms with Crippen molar-refractivity contribution in [2.24, 2.45) is 5.73 Å². The van der Waals surface area contributed by atoms with Crippen LogP contribution in [0.15, 0.2) is 18.2 Å². The summed E-state index contributed by atoms with van der Waals surface area (Å²) in [5.74, 6) is -0.314. The molecule has 1 heterocycles. The summed E-state index contributed by atoms with van der Waals surface area (Å²) < 4.78 is 14.3. The summed E-state index contributed by atoms with van der Waals surface area (Å²) in [6, 6.07) is 5.14. The van der Waals surface area contributed by atoms with Gasteiger partial charge in [-0.2, -0.15) is 0 Å². The maximum atomic E-state index is 13.3. The fraction of sp³-hybridized carbons (Fsp3) is 0.438. The smallest absolute Gasteiger partial charge is 0.261 e. The summed E-state index contributed by atoms with van der Waals surface area (Å²) in [5, 5.41) is 3.92. The van der Waals surface area contributed by atoms with Gasteiger partial charge in [0.1, 0.15) is 5.82 Å². The third-order valence-corrected chi connectivity index (χ3v) is 5.48. The molecule has 1 amide bonds. The molecular formula is C16H19FN2OS. The average Bonchev–Trinajstić information content (AvgIpc) is 2.79. The summed E-state index contributed by atoms with van der Waals surface area (Å²) in [5.41, 5.74) is 6.74. The molecule has 3 N–H and O–H groups in total. The monoisotopic (exact) mass is 306 g/mol. The van der Waals surface area contributed by atoms with Crippen molar-refractivity contribution >= 4 is 27.3 Å². The maximum Gasteiger partial charge on any atom is 0.261 e. The van der Waals surface area contributed by atoms with Crippen LogP contribution in [-0.2, 0) is 0 Å². The van der Waals surface area contributed by atoms with E-state index in [1.807, 2.05) is 6.92 Å². The molecule has 21 heavy (non-hydrogen) atoms. The fourth-order valence-corrected chi connectivity index (χ4v) is 4.02. The second kappa shape index (κ2) is 5.73. The lowest BCUT2D eigenvalue weighted by Gasteiger charge is -2.26. The van der Waals surface area contributed by atoms with Crippen molar-refractivity contribution in [3.63, 3.8) is 0 Å². The van der Waals surface area contributed by atoms with Gasteiger partial charge in [-0.25, -0.2) is 4.39 Å². The predicted octanol–water partition coefficient (Wildman–Crippen LogP) is 3.35. The van der Waals surface area contributed by atoms with Gasteiger partial charge in [0.15, 0.2) is 0 Å². The second-order valence-corrected chi connectivity index (χ2v) is 6.83. The van der Waals surface area contributed by atoms with Gasteiger partial charge in [-0.3, -0.25) is 4.79 Å². The highest BCUT2D eigenvalue weighted by Gasteiger charge is 2.22. The van der Waals surface area contributed by atoms with E-state index in [9.17, 15) is 9.18 Å². The van der Waals surface area contributed by atoms with E-state index in [0.29, 0.717) is 4.88 Å². The van der Waals surface area contributed by atoms with Crippen molar-refractivity contribution in [2.45, 2.75) is 44.7 Å². The molecule has 0 atom stereocenters. The highest BCUT2D eigenvalue weighted by atomic mass is 32.1. The number of hydrogen-bond acceptors (Lipinski definition) is 3. The van der Waals surface area contributed by atoms with Gasteiger partial charge in [-0.1, -0.05) is 0 Å². The first-order valence-corrected chi connectivity index (χ1v) is 8.11. The van der Waals surface area contributed by atoms with Gasteiger partial charge in [0, 0.05) is 16.8 Å². The number of rotatable bonds is 2. The molecule has 0 bridgehead atoms. The molecule has 0 saturated heterocycles. The quantitative estimate of drug-likeness (QED) is 0.894. The minimum Gasteiger partial charge on any atom is -0.349 e. The number of amides is 1. The van der Waals surface area contributed by atoms with E-state index in [0.717, 1.165) is 41.3 Å². The lowest BCUT2D eigenvalue weighted by atomic mass is 9.92. The summed E-state index contributed by atoms with van der Waals surface area (Å²) in [7, 11) is 0.